The van der Waals surface area contributed by atoms with Crippen LogP contribution in [0.2, 0.25) is 0 Å². The second-order valence-corrected chi connectivity index (χ2v) is 7.53. The van der Waals surface area contributed by atoms with Crippen LogP contribution in [0.25, 0.3) is 11.1 Å². The second-order valence-electron chi connectivity index (χ2n) is 6.24. The van der Waals surface area contributed by atoms with Gasteiger partial charge in [-0.25, -0.2) is 4.98 Å². The number of amides is 2. The quantitative estimate of drug-likeness (QED) is 0.635. The number of anilines is 1. The number of aromatic nitrogens is 1. The van der Waals surface area contributed by atoms with E-state index in [2.05, 4.69) is 15.6 Å². The minimum absolute atomic E-state index is 0.0922. The first kappa shape index (κ1) is 19.0. The highest BCUT2D eigenvalue weighted by Gasteiger charge is 2.19. The lowest BCUT2D eigenvalue weighted by atomic mass is 10.1. The third-order valence-electron chi connectivity index (χ3n) is 4.09. The molecule has 0 aliphatic rings. The van der Waals surface area contributed by atoms with Crippen molar-refractivity contribution in [1.82, 2.24) is 10.3 Å². The van der Waals surface area contributed by atoms with E-state index in [1.807, 2.05) is 56.3 Å². The number of para-hydroxylation sites is 3. The number of benzene rings is 2. The Morgan fingerprint density at radius 1 is 1.11 bits per heavy atom. The molecule has 0 saturated heterocycles. The third-order valence-corrected chi connectivity index (χ3v) is 5.03. The number of nitrogens with zero attached hydrogens (tertiary/aromatic N) is 1. The van der Waals surface area contributed by atoms with E-state index in [4.69, 9.17) is 4.42 Å². The second kappa shape index (κ2) is 8.26. The molecule has 0 saturated carbocycles. The molecule has 1 atom stereocenters. The van der Waals surface area contributed by atoms with Gasteiger partial charge in [0.25, 0.3) is 5.22 Å². The summed E-state index contributed by atoms with van der Waals surface area (Å²) in [6.45, 7) is 5.52. The number of rotatable bonds is 6. The van der Waals surface area contributed by atoms with Crippen LogP contribution in [0.4, 0.5) is 5.69 Å². The number of aryl methyl sites for hydroxylation is 2. The topological polar surface area (TPSA) is 84.2 Å². The van der Waals surface area contributed by atoms with Crippen LogP contribution in [-0.4, -0.2) is 28.6 Å². The monoisotopic (exact) mass is 383 g/mol. The third kappa shape index (κ3) is 4.68. The molecule has 140 valence electrons. The van der Waals surface area contributed by atoms with Gasteiger partial charge in [-0.2, -0.15) is 0 Å². The van der Waals surface area contributed by atoms with E-state index in [1.54, 1.807) is 6.92 Å². The number of carbonyl (C=O) groups is 2. The van der Waals surface area contributed by atoms with Crippen LogP contribution in [0, 0.1) is 13.8 Å². The van der Waals surface area contributed by atoms with Crippen molar-refractivity contribution in [3.8, 4) is 0 Å². The molecular formula is C20H21N3O3S. The molecule has 1 heterocycles. The van der Waals surface area contributed by atoms with Gasteiger partial charge in [0.05, 0.1) is 11.8 Å². The van der Waals surface area contributed by atoms with Crippen molar-refractivity contribution >= 4 is 40.4 Å². The van der Waals surface area contributed by atoms with Crippen LogP contribution in [0.5, 0.6) is 0 Å². The van der Waals surface area contributed by atoms with Gasteiger partial charge in [-0.15, -0.1) is 0 Å². The first-order chi connectivity index (χ1) is 12.9. The molecule has 0 aliphatic heterocycles. The highest BCUT2D eigenvalue weighted by atomic mass is 32.2. The number of thioether (sulfide) groups is 1. The highest BCUT2D eigenvalue weighted by Crippen LogP contribution is 2.26. The maximum atomic E-state index is 12.3. The van der Waals surface area contributed by atoms with Crippen molar-refractivity contribution < 1.29 is 14.0 Å². The van der Waals surface area contributed by atoms with Crippen molar-refractivity contribution in [3.63, 3.8) is 0 Å². The largest absolute Gasteiger partial charge is 0.431 e. The van der Waals surface area contributed by atoms with Crippen molar-refractivity contribution in [2.45, 2.75) is 31.2 Å². The van der Waals surface area contributed by atoms with Gasteiger partial charge in [0.15, 0.2) is 5.58 Å². The molecule has 2 N–H and O–H groups in total. The van der Waals surface area contributed by atoms with Crippen LogP contribution in [0.1, 0.15) is 18.1 Å². The molecule has 0 radical (unpaired) electrons. The Morgan fingerprint density at radius 2 is 1.81 bits per heavy atom. The van der Waals surface area contributed by atoms with E-state index < -0.39 is 5.25 Å². The highest BCUT2D eigenvalue weighted by molar-refractivity contribution is 8.00. The first-order valence-corrected chi connectivity index (χ1v) is 9.48. The maximum Gasteiger partial charge on any atom is 0.257 e. The predicted octanol–water partition coefficient (Wildman–Crippen LogP) is 3.68. The number of nitrogens with one attached hydrogen (secondary N) is 2. The Bertz CT molecular complexity index is 930. The Morgan fingerprint density at radius 3 is 2.52 bits per heavy atom. The Balaban J connectivity index is 1.53. The Kier molecular flexibility index (Phi) is 5.81. The zero-order valence-corrected chi connectivity index (χ0v) is 16.2. The lowest BCUT2D eigenvalue weighted by molar-refractivity contribution is -0.123. The van der Waals surface area contributed by atoms with Crippen LogP contribution >= 0.6 is 11.8 Å². The minimum atomic E-state index is -0.439. The number of fused-ring (bicyclic) bond motifs is 1. The smallest absolute Gasteiger partial charge is 0.257 e. The van der Waals surface area contributed by atoms with E-state index in [0.717, 1.165) is 22.3 Å². The summed E-state index contributed by atoms with van der Waals surface area (Å²) in [6.07, 6.45) is 0. The van der Waals surface area contributed by atoms with Gasteiger partial charge in [0, 0.05) is 5.69 Å². The van der Waals surface area contributed by atoms with E-state index in [1.165, 1.54) is 11.8 Å². The van der Waals surface area contributed by atoms with Crippen LogP contribution in [-0.2, 0) is 9.59 Å². The maximum absolute atomic E-state index is 12.3. The summed E-state index contributed by atoms with van der Waals surface area (Å²) in [5, 5.41) is 5.49. The molecule has 0 aliphatic carbocycles. The number of hydrogen-bond acceptors (Lipinski definition) is 5. The predicted molar refractivity (Wildman–Crippen MR) is 107 cm³/mol. The standard InChI is InChI=1S/C20H21N3O3S/c1-12-7-6-8-13(2)18(12)23-17(24)11-21-19(25)14(3)27-20-22-15-9-4-5-10-16(15)26-20/h4-10,14H,11H2,1-3H3,(H,21,25)(H,23,24)/t14-/m1/s1. The zero-order valence-electron chi connectivity index (χ0n) is 15.4. The molecule has 3 aromatic rings. The minimum Gasteiger partial charge on any atom is -0.431 e. The molecule has 1 aromatic heterocycles. The van der Waals surface area contributed by atoms with Gasteiger partial charge in [-0.05, 0) is 44.0 Å². The van der Waals surface area contributed by atoms with Crippen molar-refractivity contribution in [1.29, 1.82) is 0 Å². The zero-order chi connectivity index (χ0) is 19.4. The Labute approximate surface area is 161 Å². The average molecular weight is 383 g/mol. The molecule has 2 aromatic carbocycles. The molecule has 0 bridgehead atoms. The lowest BCUT2D eigenvalue weighted by Gasteiger charge is -2.13. The molecule has 6 nitrogen and oxygen atoms in total. The lowest BCUT2D eigenvalue weighted by Crippen LogP contribution is -2.37. The first-order valence-electron chi connectivity index (χ1n) is 8.60. The van der Waals surface area contributed by atoms with E-state index in [0.29, 0.717) is 10.8 Å². The van der Waals surface area contributed by atoms with Crippen LogP contribution in [0.15, 0.2) is 52.1 Å². The molecule has 0 fully saturated rings. The van der Waals surface area contributed by atoms with Crippen LogP contribution < -0.4 is 10.6 Å². The van der Waals surface area contributed by atoms with Crippen LogP contribution in [0.3, 0.4) is 0 Å². The summed E-state index contributed by atoms with van der Waals surface area (Å²) in [6, 6.07) is 13.2. The fraction of sp³-hybridized carbons (Fsp3) is 0.250. The van der Waals surface area contributed by atoms with Gasteiger partial charge in [0.1, 0.15) is 5.52 Å². The molecule has 7 heteroatoms. The summed E-state index contributed by atoms with van der Waals surface area (Å²) < 4.78 is 5.61. The average Bonchev–Trinajstić information content (AvgIpc) is 3.05. The summed E-state index contributed by atoms with van der Waals surface area (Å²) in [5.41, 5.74) is 4.18. The van der Waals surface area contributed by atoms with Crippen molar-refractivity contribution in [3.05, 3.63) is 53.6 Å². The number of carbonyl (C=O) groups excluding carboxylic acids is 2. The summed E-state index contributed by atoms with van der Waals surface area (Å²) in [7, 11) is 0. The van der Waals surface area contributed by atoms with E-state index in [-0.39, 0.29) is 18.4 Å². The van der Waals surface area contributed by atoms with E-state index in [9.17, 15) is 9.59 Å². The Hall–Kier alpha value is -2.80. The number of oxazole rings is 1. The van der Waals surface area contributed by atoms with Gasteiger partial charge < -0.3 is 15.1 Å². The van der Waals surface area contributed by atoms with Gasteiger partial charge in [-0.1, -0.05) is 42.1 Å². The summed E-state index contributed by atoms with van der Waals surface area (Å²) in [4.78, 5) is 28.8. The summed E-state index contributed by atoms with van der Waals surface area (Å²) in [5.74, 6) is -0.515. The summed E-state index contributed by atoms with van der Waals surface area (Å²) >= 11 is 1.22. The van der Waals surface area contributed by atoms with Gasteiger partial charge in [-0.3, -0.25) is 9.59 Å². The van der Waals surface area contributed by atoms with Gasteiger partial charge in [0.2, 0.25) is 11.8 Å². The fourth-order valence-electron chi connectivity index (χ4n) is 2.61. The van der Waals surface area contributed by atoms with Crippen molar-refractivity contribution in [2.75, 3.05) is 11.9 Å². The SMILES string of the molecule is Cc1cccc(C)c1NC(=O)CNC(=O)[C@@H](C)Sc1nc2ccccc2o1. The van der Waals surface area contributed by atoms with Gasteiger partial charge >= 0.3 is 0 Å². The molecule has 0 unspecified atom stereocenters. The molecular weight excluding hydrogens is 362 g/mol. The molecule has 3 rings (SSSR count). The number of hydrogen-bond donors (Lipinski definition) is 2. The van der Waals surface area contributed by atoms with E-state index >= 15 is 0 Å². The fourth-order valence-corrected chi connectivity index (χ4v) is 3.39. The molecule has 0 spiro atoms. The van der Waals surface area contributed by atoms with Crippen molar-refractivity contribution in [2.24, 2.45) is 0 Å². The molecule has 2 amide bonds. The molecule has 27 heavy (non-hydrogen) atoms. The normalized spacial score (nSPS) is 12.0.